The third-order valence-corrected chi connectivity index (χ3v) is 2.84. The molecule has 106 valence electrons. The second-order valence-corrected chi connectivity index (χ2v) is 4.35. The van der Waals surface area contributed by atoms with Gasteiger partial charge in [-0.25, -0.2) is 4.39 Å². The number of carbonyl (C=O) groups excluding carboxylic acids is 1. The number of hydrogen-bond donors (Lipinski definition) is 2. The third kappa shape index (κ3) is 3.65. The molecule has 0 aliphatic heterocycles. The Morgan fingerprint density at radius 3 is 2.90 bits per heavy atom. The molecule has 4 nitrogen and oxygen atoms in total. The maximum absolute atomic E-state index is 13.8. The summed E-state index contributed by atoms with van der Waals surface area (Å²) in [7, 11) is 0. The normalized spacial score (nSPS) is 9.67. The molecule has 0 spiro atoms. The Bertz CT molecular complexity index is 732. The van der Waals surface area contributed by atoms with E-state index in [1.54, 1.807) is 18.5 Å². The van der Waals surface area contributed by atoms with E-state index in [2.05, 4.69) is 22.1 Å². The van der Waals surface area contributed by atoms with Crippen LogP contribution in [0.5, 0.6) is 0 Å². The fraction of sp³-hybridized carbons (Fsp3) is 0.125. The van der Waals surface area contributed by atoms with Gasteiger partial charge in [-0.15, -0.1) is 0 Å². The molecule has 1 aromatic heterocycles. The molecule has 1 aromatic carbocycles. The molecule has 2 aromatic rings. The van der Waals surface area contributed by atoms with Crippen molar-refractivity contribution in [1.29, 1.82) is 0 Å². The van der Waals surface area contributed by atoms with Gasteiger partial charge in [-0.2, -0.15) is 0 Å². The van der Waals surface area contributed by atoms with E-state index in [1.807, 2.05) is 6.92 Å². The van der Waals surface area contributed by atoms with Crippen molar-refractivity contribution in [2.45, 2.75) is 6.92 Å². The highest BCUT2D eigenvalue weighted by molar-refractivity contribution is 6.04. The zero-order valence-corrected chi connectivity index (χ0v) is 11.5. The number of halogens is 1. The van der Waals surface area contributed by atoms with Gasteiger partial charge in [-0.05, 0) is 36.8 Å². The fourth-order valence-electron chi connectivity index (χ4n) is 1.69. The molecule has 0 radical (unpaired) electrons. The zero-order valence-electron chi connectivity index (χ0n) is 11.5. The maximum atomic E-state index is 13.8. The lowest BCUT2D eigenvalue weighted by Gasteiger charge is -2.07. The van der Waals surface area contributed by atoms with Gasteiger partial charge >= 0.3 is 0 Å². The van der Waals surface area contributed by atoms with Crippen LogP contribution in [0, 0.1) is 24.6 Å². The first kappa shape index (κ1) is 14.7. The highest BCUT2D eigenvalue weighted by Crippen LogP contribution is 2.15. The first-order chi connectivity index (χ1) is 10.1. The summed E-state index contributed by atoms with van der Waals surface area (Å²) in [6.07, 6.45) is 3.18. The van der Waals surface area contributed by atoms with Crippen LogP contribution in [0.4, 0.5) is 10.1 Å². The molecule has 0 aliphatic rings. The number of rotatable bonds is 2. The van der Waals surface area contributed by atoms with Gasteiger partial charge < -0.3 is 11.1 Å². The number of hydrogen-bond acceptors (Lipinski definition) is 3. The molecule has 5 heteroatoms. The Balaban J connectivity index is 2.21. The summed E-state index contributed by atoms with van der Waals surface area (Å²) in [6.45, 7) is 2.01. The average molecular weight is 283 g/mol. The molecular formula is C16H14FN3O. The molecule has 1 heterocycles. The van der Waals surface area contributed by atoms with Gasteiger partial charge in [0.2, 0.25) is 0 Å². The van der Waals surface area contributed by atoms with Gasteiger partial charge in [-0.3, -0.25) is 9.78 Å². The molecule has 0 unspecified atom stereocenters. The summed E-state index contributed by atoms with van der Waals surface area (Å²) in [6, 6.07) is 5.91. The molecule has 2 rings (SSSR count). The van der Waals surface area contributed by atoms with Crippen molar-refractivity contribution >= 4 is 11.6 Å². The van der Waals surface area contributed by atoms with Gasteiger partial charge in [0.15, 0.2) is 0 Å². The Morgan fingerprint density at radius 1 is 1.43 bits per heavy atom. The highest BCUT2D eigenvalue weighted by Gasteiger charge is 2.10. The SMILES string of the molecule is Cc1ccncc1NC(=O)c1ccc(C#CCN)c(F)c1. The van der Waals surface area contributed by atoms with Crippen molar-refractivity contribution in [2.75, 3.05) is 11.9 Å². The number of nitrogens with two attached hydrogens (primary N) is 1. The molecular weight excluding hydrogens is 269 g/mol. The van der Waals surface area contributed by atoms with Gasteiger partial charge in [-0.1, -0.05) is 11.8 Å². The van der Waals surface area contributed by atoms with Crippen LogP contribution in [-0.2, 0) is 0 Å². The Morgan fingerprint density at radius 2 is 2.24 bits per heavy atom. The summed E-state index contributed by atoms with van der Waals surface area (Å²) >= 11 is 0. The number of nitrogens with zero attached hydrogens (tertiary/aromatic N) is 1. The molecule has 0 aliphatic carbocycles. The van der Waals surface area contributed by atoms with Crippen molar-refractivity contribution in [2.24, 2.45) is 5.73 Å². The monoisotopic (exact) mass is 283 g/mol. The summed E-state index contributed by atoms with van der Waals surface area (Å²) in [4.78, 5) is 16.0. The van der Waals surface area contributed by atoms with Gasteiger partial charge in [0.05, 0.1) is 24.0 Å². The second-order valence-electron chi connectivity index (χ2n) is 4.35. The Labute approximate surface area is 122 Å². The van der Waals surface area contributed by atoms with Crippen LogP contribution in [0.25, 0.3) is 0 Å². The van der Waals surface area contributed by atoms with E-state index in [0.717, 1.165) is 11.6 Å². The minimum atomic E-state index is -0.550. The van der Waals surface area contributed by atoms with E-state index in [1.165, 1.54) is 12.1 Å². The van der Waals surface area contributed by atoms with Crippen molar-refractivity contribution < 1.29 is 9.18 Å². The molecule has 0 fully saturated rings. The minimum Gasteiger partial charge on any atom is -0.320 e. The largest absolute Gasteiger partial charge is 0.320 e. The van der Waals surface area contributed by atoms with Gasteiger partial charge in [0, 0.05) is 11.8 Å². The number of aromatic nitrogens is 1. The van der Waals surface area contributed by atoms with Crippen LogP contribution in [0.2, 0.25) is 0 Å². The van der Waals surface area contributed by atoms with E-state index < -0.39 is 11.7 Å². The van der Waals surface area contributed by atoms with Crippen LogP contribution in [-0.4, -0.2) is 17.4 Å². The van der Waals surface area contributed by atoms with E-state index in [4.69, 9.17) is 5.73 Å². The number of benzene rings is 1. The lowest BCUT2D eigenvalue weighted by molar-refractivity contribution is 0.102. The molecule has 0 saturated heterocycles. The Hall–Kier alpha value is -2.71. The molecule has 21 heavy (non-hydrogen) atoms. The quantitative estimate of drug-likeness (QED) is 0.829. The third-order valence-electron chi connectivity index (χ3n) is 2.84. The van der Waals surface area contributed by atoms with E-state index >= 15 is 0 Å². The molecule has 0 saturated carbocycles. The first-order valence-electron chi connectivity index (χ1n) is 6.32. The van der Waals surface area contributed by atoms with Crippen molar-refractivity contribution in [3.05, 3.63) is 59.2 Å². The number of pyridine rings is 1. The molecule has 0 bridgehead atoms. The van der Waals surface area contributed by atoms with Crippen LogP contribution >= 0.6 is 0 Å². The van der Waals surface area contributed by atoms with E-state index in [9.17, 15) is 9.18 Å². The lowest BCUT2D eigenvalue weighted by Crippen LogP contribution is -2.13. The predicted molar refractivity (Wildman–Crippen MR) is 79.3 cm³/mol. The summed E-state index contributed by atoms with van der Waals surface area (Å²) < 4.78 is 13.8. The molecule has 3 N–H and O–H groups in total. The van der Waals surface area contributed by atoms with Gasteiger partial charge in [0.1, 0.15) is 5.82 Å². The fourth-order valence-corrected chi connectivity index (χ4v) is 1.69. The number of nitrogens with one attached hydrogen (secondary N) is 1. The second kappa shape index (κ2) is 6.64. The number of amides is 1. The van der Waals surface area contributed by atoms with Crippen molar-refractivity contribution in [3.8, 4) is 11.8 Å². The van der Waals surface area contributed by atoms with E-state index in [0.29, 0.717) is 5.69 Å². The van der Waals surface area contributed by atoms with Crippen LogP contribution < -0.4 is 11.1 Å². The van der Waals surface area contributed by atoms with Gasteiger partial charge in [0.25, 0.3) is 5.91 Å². The smallest absolute Gasteiger partial charge is 0.255 e. The number of carbonyl (C=O) groups is 1. The molecule has 1 amide bonds. The van der Waals surface area contributed by atoms with Crippen molar-refractivity contribution in [3.63, 3.8) is 0 Å². The first-order valence-corrected chi connectivity index (χ1v) is 6.32. The Kier molecular flexibility index (Phi) is 4.64. The number of aryl methyl sites for hydroxylation is 1. The minimum absolute atomic E-state index is 0.155. The zero-order chi connectivity index (χ0) is 15.2. The summed E-state index contributed by atoms with van der Waals surface area (Å²) in [5.41, 5.74) is 7.14. The van der Waals surface area contributed by atoms with Crippen molar-refractivity contribution in [1.82, 2.24) is 4.98 Å². The average Bonchev–Trinajstić information content (AvgIpc) is 2.48. The van der Waals surface area contributed by atoms with E-state index in [-0.39, 0.29) is 17.7 Å². The van der Waals surface area contributed by atoms with Crippen LogP contribution in [0.15, 0.2) is 36.7 Å². The summed E-state index contributed by atoms with van der Waals surface area (Å²) in [5.74, 6) is 4.23. The van der Waals surface area contributed by atoms with Crippen LogP contribution in [0.1, 0.15) is 21.5 Å². The summed E-state index contributed by atoms with van der Waals surface area (Å²) in [5, 5.41) is 2.69. The molecule has 0 atom stereocenters. The maximum Gasteiger partial charge on any atom is 0.255 e. The number of anilines is 1. The lowest BCUT2D eigenvalue weighted by atomic mass is 10.1. The highest BCUT2D eigenvalue weighted by atomic mass is 19.1. The van der Waals surface area contributed by atoms with Crippen LogP contribution in [0.3, 0.4) is 0 Å². The topological polar surface area (TPSA) is 68.0 Å². The standard InChI is InChI=1S/C16H14FN3O/c1-11-6-8-19-10-15(11)20-16(21)13-5-4-12(3-2-7-18)14(17)9-13/h4-6,8-10H,7,18H2,1H3,(H,20,21). The predicted octanol–water partition coefficient (Wildman–Crippen LogP) is 2.09.